The standard InChI is InChI=1S/C28H37N3O11S/c1-19(2)15-30(43(38,39)22-10-8-21(9-11-22)31(36)37)16-24(32)23(14-20-6-4-3-5-7-20)29-28(35)42-25-12-13-41-26(25)17-40-18-27(33)34/h3-11,19,23-26,32H,12-18H2,1-2H3,(H,29,35)(H,33,34)/t23-,24+,25-,26+/m0/s1. The molecule has 14 nitrogen and oxygen atoms in total. The van der Waals surface area contributed by atoms with Gasteiger partial charge in [-0.3, -0.25) is 10.1 Å². The maximum atomic E-state index is 13.6. The highest BCUT2D eigenvalue weighted by Crippen LogP contribution is 2.22. The number of benzene rings is 2. The fourth-order valence-electron chi connectivity index (χ4n) is 4.56. The second kappa shape index (κ2) is 15.7. The summed E-state index contributed by atoms with van der Waals surface area (Å²) >= 11 is 0. The number of non-ortho nitro benzene ring substituents is 1. The number of nitrogens with zero attached hydrogens (tertiary/aromatic N) is 2. The number of carboxylic acid groups (broad SMARTS) is 1. The molecule has 1 aliphatic rings. The van der Waals surface area contributed by atoms with Gasteiger partial charge in [-0.1, -0.05) is 44.2 Å². The van der Waals surface area contributed by atoms with Crippen LogP contribution >= 0.6 is 0 Å². The van der Waals surface area contributed by atoms with Crippen LogP contribution < -0.4 is 5.32 Å². The van der Waals surface area contributed by atoms with E-state index in [-0.39, 0.29) is 49.2 Å². The van der Waals surface area contributed by atoms with Crippen LogP contribution in [0.2, 0.25) is 0 Å². The van der Waals surface area contributed by atoms with E-state index in [1.165, 1.54) is 0 Å². The first-order chi connectivity index (χ1) is 20.4. The molecule has 2 aromatic rings. The van der Waals surface area contributed by atoms with Crippen molar-refractivity contribution in [1.29, 1.82) is 0 Å². The van der Waals surface area contributed by atoms with E-state index in [0.717, 1.165) is 34.1 Å². The first-order valence-electron chi connectivity index (χ1n) is 13.7. The number of sulfonamides is 1. The Morgan fingerprint density at radius 2 is 1.81 bits per heavy atom. The highest BCUT2D eigenvalue weighted by molar-refractivity contribution is 7.89. The van der Waals surface area contributed by atoms with Crippen LogP contribution in [-0.2, 0) is 35.4 Å². The topological polar surface area (TPSA) is 195 Å². The highest BCUT2D eigenvalue weighted by atomic mass is 32.2. The lowest BCUT2D eigenvalue weighted by Gasteiger charge is -2.31. The molecule has 1 amide bonds. The van der Waals surface area contributed by atoms with Crippen molar-refractivity contribution < 1.29 is 47.4 Å². The number of amides is 1. The number of hydrogen-bond donors (Lipinski definition) is 3. The summed E-state index contributed by atoms with van der Waals surface area (Å²) < 4.78 is 44.3. The zero-order valence-corrected chi connectivity index (χ0v) is 24.7. The van der Waals surface area contributed by atoms with E-state index in [0.29, 0.717) is 6.42 Å². The molecule has 0 aliphatic carbocycles. The zero-order chi connectivity index (χ0) is 31.6. The van der Waals surface area contributed by atoms with Gasteiger partial charge in [0.1, 0.15) is 18.8 Å². The number of nitro benzene ring substituents is 1. The molecule has 0 unspecified atom stereocenters. The fourth-order valence-corrected chi connectivity index (χ4v) is 6.18. The number of aliphatic hydroxyl groups excluding tert-OH is 1. The van der Waals surface area contributed by atoms with E-state index in [1.54, 1.807) is 24.3 Å². The molecule has 1 heterocycles. The number of carbonyl (C=O) groups is 2. The van der Waals surface area contributed by atoms with Crippen LogP contribution in [-0.4, -0.2) is 97.2 Å². The molecule has 1 saturated heterocycles. The molecule has 0 aromatic heterocycles. The normalized spacial score (nSPS) is 18.3. The minimum absolute atomic E-state index is 0.0380. The lowest BCUT2D eigenvalue weighted by atomic mass is 10.0. The molecule has 1 aliphatic heterocycles. The Kier molecular flexibility index (Phi) is 12.4. The van der Waals surface area contributed by atoms with Gasteiger partial charge in [-0.05, 0) is 30.0 Å². The first kappa shape index (κ1) is 33.9. The van der Waals surface area contributed by atoms with E-state index in [1.807, 2.05) is 19.9 Å². The number of nitrogens with one attached hydrogen (secondary N) is 1. The minimum atomic E-state index is -4.17. The number of alkyl carbamates (subject to hydrolysis) is 1. The minimum Gasteiger partial charge on any atom is -0.480 e. The van der Waals surface area contributed by atoms with Gasteiger partial charge in [0.15, 0.2) is 0 Å². The van der Waals surface area contributed by atoms with Gasteiger partial charge in [0, 0.05) is 31.6 Å². The fraction of sp³-hybridized carbons (Fsp3) is 0.500. The third-order valence-corrected chi connectivity index (χ3v) is 8.47. The summed E-state index contributed by atoms with van der Waals surface area (Å²) in [6, 6.07) is 12.5. The smallest absolute Gasteiger partial charge is 0.407 e. The number of ether oxygens (including phenoxy) is 3. The third kappa shape index (κ3) is 10.2. The number of nitro groups is 1. The summed E-state index contributed by atoms with van der Waals surface area (Å²) in [6.07, 6.45) is -3.13. The van der Waals surface area contributed by atoms with Gasteiger partial charge < -0.3 is 29.7 Å². The monoisotopic (exact) mass is 623 g/mol. The summed E-state index contributed by atoms with van der Waals surface area (Å²) in [5, 5.41) is 33.8. The number of carbonyl (C=O) groups excluding carboxylic acids is 1. The third-order valence-electron chi connectivity index (χ3n) is 6.63. The summed E-state index contributed by atoms with van der Waals surface area (Å²) in [6.45, 7) is 2.93. The molecule has 0 spiro atoms. The Labute approximate surface area is 249 Å². The van der Waals surface area contributed by atoms with Crippen molar-refractivity contribution in [3.05, 3.63) is 70.3 Å². The SMILES string of the molecule is CC(C)CN(C[C@@H](O)[C@H](Cc1ccccc1)NC(=O)O[C@H]1CCO[C@@H]1COCC(=O)O)S(=O)(=O)c1ccc([N+](=O)[O-])cc1. The molecule has 0 bridgehead atoms. The zero-order valence-electron chi connectivity index (χ0n) is 23.9. The van der Waals surface area contributed by atoms with E-state index >= 15 is 0 Å². The van der Waals surface area contributed by atoms with E-state index in [2.05, 4.69) is 5.32 Å². The maximum absolute atomic E-state index is 13.6. The van der Waals surface area contributed by atoms with Crippen molar-refractivity contribution >= 4 is 27.8 Å². The predicted molar refractivity (Wildman–Crippen MR) is 153 cm³/mol. The van der Waals surface area contributed by atoms with Crippen molar-refractivity contribution in [1.82, 2.24) is 9.62 Å². The second-order valence-corrected chi connectivity index (χ2v) is 12.5. The van der Waals surface area contributed by atoms with Crippen LogP contribution in [0.25, 0.3) is 0 Å². The average molecular weight is 624 g/mol. The first-order valence-corrected chi connectivity index (χ1v) is 15.2. The molecular weight excluding hydrogens is 586 g/mol. The molecule has 15 heteroatoms. The summed E-state index contributed by atoms with van der Waals surface area (Å²) in [5.74, 6) is -1.28. The van der Waals surface area contributed by atoms with Crippen molar-refractivity contribution in [3.63, 3.8) is 0 Å². The Balaban J connectivity index is 1.77. The molecule has 3 N–H and O–H groups in total. The number of rotatable bonds is 16. The van der Waals surface area contributed by atoms with Crippen LogP contribution in [0.4, 0.5) is 10.5 Å². The second-order valence-electron chi connectivity index (χ2n) is 10.5. The van der Waals surface area contributed by atoms with Crippen molar-refractivity contribution in [2.45, 2.75) is 55.9 Å². The highest BCUT2D eigenvalue weighted by Gasteiger charge is 2.35. The Hall–Kier alpha value is -3.63. The summed E-state index contributed by atoms with van der Waals surface area (Å²) in [5.41, 5.74) is 0.507. The van der Waals surface area contributed by atoms with Gasteiger partial charge in [-0.15, -0.1) is 0 Å². The predicted octanol–water partition coefficient (Wildman–Crippen LogP) is 2.20. The molecule has 4 atom stereocenters. The van der Waals surface area contributed by atoms with Gasteiger partial charge in [-0.2, -0.15) is 4.31 Å². The van der Waals surface area contributed by atoms with E-state index in [9.17, 15) is 33.2 Å². The number of aliphatic carboxylic acids is 1. The Morgan fingerprint density at radius 3 is 2.42 bits per heavy atom. The molecule has 3 rings (SSSR count). The van der Waals surface area contributed by atoms with Crippen molar-refractivity contribution in [2.75, 3.05) is 32.9 Å². The van der Waals surface area contributed by atoms with Crippen LogP contribution in [0.5, 0.6) is 0 Å². The lowest BCUT2D eigenvalue weighted by molar-refractivity contribution is -0.384. The van der Waals surface area contributed by atoms with Gasteiger partial charge in [0.25, 0.3) is 5.69 Å². The Morgan fingerprint density at radius 1 is 1.14 bits per heavy atom. The summed E-state index contributed by atoms with van der Waals surface area (Å²) in [7, 11) is -4.17. The number of hydrogen-bond acceptors (Lipinski definition) is 10. The molecule has 0 saturated carbocycles. The van der Waals surface area contributed by atoms with E-state index < -0.39 is 58.0 Å². The van der Waals surface area contributed by atoms with Crippen molar-refractivity contribution in [2.24, 2.45) is 5.92 Å². The lowest BCUT2D eigenvalue weighted by Crippen LogP contribution is -2.51. The van der Waals surface area contributed by atoms with Gasteiger partial charge in [-0.25, -0.2) is 18.0 Å². The van der Waals surface area contributed by atoms with Gasteiger partial charge in [0.05, 0.1) is 35.2 Å². The number of carboxylic acids is 1. The molecular formula is C28H37N3O11S. The maximum Gasteiger partial charge on any atom is 0.407 e. The van der Waals surface area contributed by atoms with Gasteiger partial charge in [0.2, 0.25) is 10.0 Å². The van der Waals surface area contributed by atoms with Crippen LogP contribution in [0.15, 0.2) is 59.5 Å². The molecule has 2 aromatic carbocycles. The van der Waals surface area contributed by atoms with Crippen molar-refractivity contribution in [3.8, 4) is 0 Å². The molecule has 1 fully saturated rings. The summed E-state index contributed by atoms with van der Waals surface area (Å²) in [4.78, 5) is 33.9. The Bertz CT molecular complexity index is 1320. The molecule has 43 heavy (non-hydrogen) atoms. The average Bonchev–Trinajstić information content (AvgIpc) is 3.38. The molecule has 236 valence electrons. The van der Waals surface area contributed by atoms with Crippen LogP contribution in [0.1, 0.15) is 25.8 Å². The van der Waals surface area contributed by atoms with Gasteiger partial charge >= 0.3 is 12.1 Å². The number of aliphatic hydroxyl groups is 1. The van der Waals surface area contributed by atoms with E-state index in [4.69, 9.17) is 19.3 Å². The van der Waals surface area contributed by atoms with Crippen LogP contribution in [0, 0.1) is 16.0 Å². The quantitative estimate of drug-likeness (QED) is 0.183. The van der Waals surface area contributed by atoms with Crippen LogP contribution in [0.3, 0.4) is 0 Å². The largest absolute Gasteiger partial charge is 0.480 e. The molecule has 0 radical (unpaired) electrons.